The Morgan fingerprint density at radius 3 is 3.00 bits per heavy atom. The van der Waals surface area contributed by atoms with Crippen molar-refractivity contribution in [2.75, 3.05) is 18.5 Å². The van der Waals surface area contributed by atoms with E-state index in [1.54, 1.807) is 0 Å². The second kappa shape index (κ2) is 4.23. The normalized spacial score (nSPS) is 28.8. The summed E-state index contributed by atoms with van der Waals surface area (Å²) in [4.78, 5) is 11.2. The topological polar surface area (TPSA) is 38.3 Å². The monoisotopic (exact) mass is 235 g/mol. The molecule has 0 spiro atoms. The predicted molar refractivity (Wildman–Crippen MR) is 50.4 cm³/mol. The van der Waals surface area contributed by atoms with E-state index in [0.29, 0.717) is 13.0 Å². The molecule has 0 aromatic carbocycles. The van der Waals surface area contributed by atoms with Crippen LogP contribution in [-0.2, 0) is 9.53 Å². The molecule has 1 rings (SSSR count). The molecule has 1 amide bonds. The Kier molecular flexibility index (Phi) is 3.53. The van der Waals surface area contributed by atoms with Gasteiger partial charge in [0.15, 0.2) is 0 Å². The SMILES string of the molecule is CC1(NC(=O)CCBr)CCOC1. The third kappa shape index (κ3) is 2.75. The van der Waals surface area contributed by atoms with Crippen LogP contribution in [0.2, 0.25) is 0 Å². The van der Waals surface area contributed by atoms with E-state index < -0.39 is 0 Å². The molecule has 1 heterocycles. The maximum Gasteiger partial charge on any atom is 0.221 e. The minimum absolute atomic E-state index is 0.0971. The lowest BCUT2D eigenvalue weighted by molar-refractivity contribution is -0.122. The number of carbonyl (C=O) groups excluding carboxylic acids is 1. The van der Waals surface area contributed by atoms with E-state index in [1.807, 2.05) is 6.92 Å². The Morgan fingerprint density at radius 1 is 1.75 bits per heavy atom. The van der Waals surface area contributed by atoms with E-state index in [1.165, 1.54) is 0 Å². The first-order valence-corrected chi connectivity index (χ1v) is 5.23. The number of hydrogen-bond donors (Lipinski definition) is 1. The summed E-state index contributed by atoms with van der Waals surface area (Å²) in [6.07, 6.45) is 1.45. The van der Waals surface area contributed by atoms with Crippen molar-refractivity contribution >= 4 is 21.8 Å². The van der Waals surface area contributed by atoms with Crippen molar-refractivity contribution in [3.8, 4) is 0 Å². The Morgan fingerprint density at radius 2 is 2.50 bits per heavy atom. The Labute approximate surface area is 81.0 Å². The van der Waals surface area contributed by atoms with Gasteiger partial charge in [-0.05, 0) is 13.3 Å². The Hall–Kier alpha value is -0.0900. The highest BCUT2D eigenvalue weighted by Crippen LogP contribution is 2.17. The van der Waals surface area contributed by atoms with Crippen LogP contribution < -0.4 is 5.32 Å². The number of amides is 1. The molecule has 12 heavy (non-hydrogen) atoms. The third-order valence-electron chi connectivity index (χ3n) is 1.98. The quantitative estimate of drug-likeness (QED) is 0.744. The summed E-state index contributed by atoms with van der Waals surface area (Å²) in [6, 6.07) is 0. The molecule has 0 aromatic rings. The number of carbonyl (C=O) groups is 1. The minimum Gasteiger partial charge on any atom is -0.379 e. The molecule has 1 unspecified atom stereocenters. The van der Waals surface area contributed by atoms with Crippen LogP contribution in [0.1, 0.15) is 19.8 Å². The molecule has 0 bridgehead atoms. The zero-order valence-corrected chi connectivity index (χ0v) is 8.82. The van der Waals surface area contributed by atoms with Gasteiger partial charge < -0.3 is 10.1 Å². The maximum atomic E-state index is 11.2. The largest absolute Gasteiger partial charge is 0.379 e. The van der Waals surface area contributed by atoms with Gasteiger partial charge in [0.05, 0.1) is 12.1 Å². The number of halogens is 1. The van der Waals surface area contributed by atoms with Gasteiger partial charge in [-0.2, -0.15) is 0 Å². The molecule has 1 saturated heterocycles. The van der Waals surface area contributed by atoms with Gasteiger partial charge in [0.25, 0.3) is 0 Å². The summed E-state index contributed by atoms with van der Waals surface area (Å²) < 4.78 is 5.21. The average Bonchev–Trinajstić information content (AvgIpc) is 2.36. The van der Waals surface area contributed by atoms with E-state index in [9.17, 15) is 4.79 Å². The molecular weight excluding hydrogens is 222 g/mol. The molecule has 3 nitrogen and oxygen atoms in total. The van der Waals surface area contributed by atoms with Gasteiger partial charge in [0.1, 0.15) is 0 Å². The molecule has 1 aliphatic rings. The summed E-state index contributed by atoms with van der Waals surface area (Å²) in [5.74, 6) is 0.0971. The molecule has 0 radical (unpaired) electrons. The van der Waals surface area contributed by atoms with Crippen molar-refractivity contribution < 1.29 is 9.53 Å². The predicted octanol–water partition coefficient (Wildman–Crippen LogP) is 1.07. The van der Waals surface area contributed by atoms with Gasteiger partial charge in [-0.25, -0.2) is 0 Å². The van der Waals surface area contributed by atoms with Crippen LogP contribution in [-0.4, -0.2) is 30.0 Å². The van der Waals surface area contributed by atoms with E-state index in [4.69, 9.17) is 4.74 Å². The van der Waals surface area contributed by atoms with Crippen LogP contribution in [0, 0.1) is 0 Å². The van der Waals surface area contributed by atoms with Crippen molar-refractivity contribution in [1.82, 2.24) is 5.32 Å². The van der Waals surface area contributed by atoms with Gasteiger partial charge in [0, 0.05) is 18.4 Å². The molecule has 1 fully saturated rings. The third-order valence-corrected chi connectivity index (χ3v) is 2.38. The molecule has 1 aliphatic heterocycles. The highest BCUT2D eigenvalue weighted by atomic mass is 79.9. The highest BCUT2D eigenvalue weighted by Gasteiger charge is 2.30. The molecule has 0 aliphatic carbocycles. The molecule has 0 aromatic heterocycles. The lowest BCUT2D eigenvalue weighted by Crippen LogP contribution is -2.46. The van der Waals surface area contributed by atoms with E-state index in [0.717, 1.165) is 18.4 Å². The number of ether oxygens (including phenoxy) is 1. The first-order valence-electron chi connectivity index (χ1n) is 4.11. The van der Waals surface area contributed by atoms with Crippen molar-refractivity contribution in [2.45, 2.75) is 25.3 Å². The minimum atomic E-state index is -0.126. The van der Waals surface area contributed by atoms with Crippen LogP contribution >= 0.6 is 15.9 Å². The number of hydrogen-bond acceptors (Lipinski definition) is 2. The maximum absolute atomic E-state index is 11.2. The van der Waals surface area contributed by atoms with E-state index in [2.05, 4.69) is 21.2 Å². The summed E-state index contributed by atoms with van der Waals surface area (Å²) in [5.41, 5.74) is -0.126. The number of nitrogens with one attached hydrogen (secondary N) is 1. The van der Waals surface area contributed by atoms with Crippen molar-refractivity contribution in [3.05, 3.63) is 0 Å². The smallest absolute Gasteiger partial charge is 0.221 e. The van der Waals surface area contributed by atoms with Crippen molar-refractivity contribution in [1.29, 1.82) is 0 Å². The van der Waals surface area contributed by atoms with Gasteiger partial charge >= 0.3 is 0 Å². The molecule has 0 saturated carbocycles. The van der Waals surface area contributed by atoms with E-state index >= 15 is 0 Å². The lowest BCUT2D eigenvalue weighted by Gasteiger charge is -2.23. The first-order chi connectivity index (χ1) is 5.66. The van der Waals surface area contributed by atoms with Crippen molar-refractivity contribution in [3.63, 3.8) is 0 Å². The van der Waals surface area contributed by atoms with Crippen LogP contribution in [0.3, 0.4) is 0 Å². The number of alkyl halides is 1. The average molecular weight is 236 g/mol. The molecular formula is C8H14BrNO2. The highest BCUT2D eigenvalue weighted by molar-refractivity contribution is 9.09. The van der Waals surface area contributed by atoms with Gasteiger partial charge in [-0.15, -0.1) is 0 Å². The Bertz CT molecular complexity index is 166. The summed E-state index contributed by atoms with van der Waals surface area (Å²) in [5, 5.41) is 3.68. The zero-order chi connectivity index (χ0) is 9.03. The Balaban J connectivity index is 2.33. The fourth-order valence-corrected chi connectivity index (χ4v) is 1.61. The van der Waals surface area contributed by atoms with Gasteiger partial charge in [-0.3, -0.25) is 4.79 Å². The van der Waals surface area contributed by atoms with Crippen molar-refractivity contribution in [2.24, 2.45) is 0 Å². The summed E-state index contributed by atoms with van der Waals surface area (Å²) >= 11 is 3.22. The van der Waals surface area contributed by atoms with Gasteiger partial charge in [0.2, 0.25) is 5.91 Å². The second-order valence-corrected chi connectivity index (χ2v) is 4.14. The number of rotatable bonds is 3. The summed E-state index contributed by atoms with van der Waals surface area (Å²) in [7, 11) is 0. The molecule has 1 atom stereocenters. The fraction of sp³-hybridized carbons (Fsp3) is 0.875. The zero-order valence-electron chi connectivity index (χ0n) is 7.23. The van der Waals surface area contributed by atoms with E-state index in [-0.39, 0.29) is 11.4 Å². The first kappa shape index (κ1) is 9.99. The molecule has 70 valence electrons. The van der Waals surface area contributed by atoms with Crippen LogP contribution in [0.4, 0.5) is 0 Å². The molecule has 4 heteroatoms. The molecule has 1 N–H and O–H groups in total. The van der Waals surface area contributed by atoms with Gasteiger partial charge in [-0.1, -0.05) is 15.9 Å². The second-order valence-electron chi connectivity index (χ2n) is 3.35. The fourth-order valence-electron chi connectivity index (χ4n) is 1.25. The van der Waals surface area contributed by atoms with Crippen LogP contribution in [0.25, 0.3) is 0 Å². The standard InChI is InChI=1S/C8H14BrNO2/c1-8(3-5-12-6-8)10-7(11)2-4-9/h2-6H2,1H3,(H,10,11). The lowest BCUT2D eigenvalue weighted by atomic mass is 10.0. The summed E-state index contributed by atoms with van der Waals surface area (Å²) in [6.45, 7) is 3.41. The van der Waals surface area contributed by atoms with Crippen LogP contribution in [0.15, 0.2) is 0 Å². The van der Waals surface area contributed by atoms with Crippen LogP contribution in [0.5, 0.6) is 0 Å².